The van der Waals surface area contributed by atoms with Crippen molar-refractivity contribution in [3.8, 4) is 17.2 Å². The largest absolute Gasteiger partial charge is 0.496 e. The fourth-order valence-electron chi connectivity index (χ4n) is 2.87. The Balaban J connectivity index is 2.27. The van der Waals surface area contributed by atoms with Crippen molar-refractivity contribution in [2.24, 2.45) is 0 Å². The molecule has 0 aromatic heterocycles. The number of rotatable bonds is 6. The molecule has 0 bridgehead atoms. The first kappa shape index (κ1) is 20.5. The second-order valence-corrected chi connectivity index (χ2v) is 7.44. The smallest absolute Gasteiger partial charge is 0.339 e. The molecule has 0 saturated heterocycles. The molecule has 0 aliphatic rings. The maximum absolute atomic E-state index is 12.3. The SMILES string of the molecule is COC(=O)c1cc2c(Br)c(OC)cc(OC)c2c(OCc2ccccc2)c1Br. The van der Waals surface area contributed by atoms with Crippen molar-refractivity contribution in [2.75, 3.05) is 21.3 Å². The van der Waals surface area contributed by atoms with Crippen molar-refractivity contribution in [3.05, 3.63) is 62.5 Å². The summed E-state index contributed by atoms with van der Waals surface area (Å²) in [7, 11) is 4.48. The molecule has 0 amide bonds. The summed E-state index contributed by atoms with van der Waals surface area (Å²) >= 11 is 7.07. The maximum atomic E-state index is 12.3. The van der Waals surface area contributed by atoms with Crippen molar-refractivity contribution >= 4 is 48.6 Å². The van der Waals surface area contributed by atoms with Crippen LogP contribution in [0.2, 0.25) is 0 Å². The summed E-state index contributed by atoms with van der Waals surface area (Å²) in [5.41, 5.74) is 1.34. The van der Waals surface area contributed by atoms with E-state index < -0.39 is 5.97 Å². The van der Waals surface area contributed by atoms with Crippen molar-refractivity contribution < 1.29 is 23.7 Å². The number of fused-ring (bicyclic) bond motifs is 1. The van der Waals surface area contributed by atoms with Crippen LogP contribution in [0.1, 0.15) is 15.9 Å². The minimum absolute atomic E-state index is 0.325. The van der Waals surface area contributed by atoms with Crippen LogP contribution in [0.4, 0.5) is 0 Å². The zero-order chi connectivity index (χ0) is 20.3. The van der Waals surface area contributed by atoms with Crippen molar-refractivity contribution in [2.45, 2.75) is 6.61 Å². The minimum Gasteiger partial charge on any atom is -0.496 e. The highest BCUT2D eigenvalue weighted by Gasteiger charge is 2.24. The van der Waals surface area contributed by atoms with E-state index in [-0.39, 0.29) is 0 Å². The molecule has 0 saturated carbocycles. The molecule has 28 heavy (non-hydrogen) atoms. The van der Waals surface area contributed by atoms with Gasteiger partial charge in [0.15, 0.2) is 0 Å². The molecule has 0 spiro atoms. The van der Waals surface area contributed by atoms with Crippen molar-refractivity contribution in [1.82, 2.24) is 0 Å². The summed E-state index contributed by atoms with van der Waals surface area (Å²) in [6, 6.07) is 13.3. The number of ether oxygens (including phenoxy) is 4. The predicted molar refractivity (Wildman–Crippen MR) is 115 cm³/mol. The summed E-state index contributed by atoms with van der Waals surface area (Å²) < 4.78 is 23.3. The lowest BCUT2D eigenvalue weighted by Gasteiger charge is -2.18. The third kappa shape index (κ3) is 3.82. The van der Waals surface area contributed by atoms with Crippen LogP contribution in [0.15, 0.2) is 51.4 Å². The normalized spacial score (nSPS) is 10.6. The van der Waals surface area contributed by atoms with Gasteiger partial charge in [-0.3, -0.25) is 0 Å². The number of carbonyl (C=O) groups excluding carboxylic acids is 1. The molecule has 0 aliphatic carbocycles. The van der Waals surface area contributed by atoms with Crippen LogP contribution in [-0.2, 0) is 11.3 Å². The molecular formula is C21H18Br2O5. The Kier molecular flexibility index (Phi) is 6.46. The highest BCUT2D eigenvalue weighted by molar-refractivity contribution is 9.11. The average Bonchev–Trinajstić information content (AvgIpc) is 2.73. The molecular weight excluding hydrogens is 492 g/mol. The second kappa shape index (κ2) is 8.84. The molecule has 0 aliphatic heterocycles. The Morgan fingerprint density at radius 1 is 0.929 bits per heavy atom. The van der Waals surface area contributed by atoms with Crippen LogP contribution in [0, 0.1) is 0 Å². The predicted octanol–water partition coefficient (Wildman–Crippen LogP) is 5.75. The molecule has 0 fully saturated rings. The van der Waals surface area contributed by atoms with E-state index in [9.17, 15) is 4.79 Å². The Bertz CT molecular complexity index is 1020. The van der Waals surface area contributed by atoms with Gasteiger partial charge in [-0.25, -0.2) is 4.79 Å². The number of halogens is 2. The van der Waals surface area contributed by atoms with Gasteiger partial charge in [0.25, 0.3) is 0 Å². The molecule has 3 rings (SSSR count). The third-order valence-electron chi connectivity index (χ3n) is 4.25. The van der Waals surface area contributed by atoms with Gasteiger partial charge in [0, 0.05) is 11.5 Å². The van der Waals surface area contributed by atoms with E-state index in [1.54, 1.807) is 26.4 Å². The van der Waals surface area contributed by atoms with Gasteiger partial charge < -0.3 is 18.9 Å². The van der Waals surface area contributed by atoms with Gasteiger partial charge in [0.2, 0.25) is 0 Å². The number of carbonyl (C=O) groups is 1. The first-order valence-corrected chi connectivity index (χ1v) is 9.92. The highest BCUT2D eigenvalue weighted by Crippen LogP contribution is 2.48. The maximum Gasteiger partial charge on any atom is 0.339 e. The number of benzene rings is 3. The van der Waals surface area contributed by atoms with Gasteiger partial charge >= 0.3 is 5.97 Å². The van der Waals surface area contributed by atoms with Crippen LogP contribution in [0.5, 0.6) is 17.2 Å². The summed E-state index contributed by atoms with van der Waals surface area (Å²) in [5.74, 6) is 1.15. The van der Waals surface area contributed by atoms with E-state index in [1.807, 2.05) is 30.3 Å². The Morgan fingerprint density at radius 3 is 2.21 bits per heavy atom. The van der Waals surface area contributed by atoms with Crippen LogP contribution >= 0.6 is 31.9 Å². The second-order valence-electron chi connectivity index (χ2n) is 5.85. The summed E-state index contributed by atoms with van der Waals surface area (Å²) in [6.45, 7) is 0.325. The average molecular weight is 510 g/mol. The van der Waals surface area contributed by atoms with E-state index in [4.69, 9.17) is 18.9 Å². The van der Waals surface area contributed by atoms with Gasteiger partial charge in [0.1, 0.15) is 23.9 Å². The molecule has 0 heterocycles. The van der Waals surface area contributed by atoms with E-state index in [0.29, 0.717) is 49.1 Å². The van der Waals surface area contributed by atoms with E-state index in [2.05, 4.69) is 31.9 Å². The zero-order valence-corrected chi connectivity index (χ0v) is 18.7. The summed E-state index contributed by atoms with van der Waals surface area (Å²) in [4.78, 5) is 12.3. The molecule has 3 aromatic rings. The Morgan fingerprint density at radius 2 is 1.61 bits per heavy atom. The van der Waals surface area contributed by atoms with E-state index >= 15 is 0 Å². The van der Waals surface area contributed by atoms with E-state index in [0.717, 1.165) is 5.56 Å². The molecule has 0 atom stereocenters. The lowest BCUT2D eigenvalue weighted by atomic mass is 10.0. The van der Waals surface area contributed by atoms with Gasteiger partial charge in [-0.1, -0.05) is 30.3 Å². The number of hydrogen-bond acceptors (Lipinski definition) is 5. The monoisotopic (exact) mass is 508 g/mol. The molecule has 3 aromatic carbocycles. The highest BCUT2D eigenvalue weighted by atomic mass is 79.9. The Hall–Kier alpha value is -2.25. The van der Waals surface area contributed by atoms with Crippen LogP contribution in [-0.4, -0.2) is 27.3 Å². The quantitative estimate of drug-likeness (QED) is 0.396. The standard InChI is InChI=1S/C21H18Br2O5/c1-25-15-10-16(26-2)18(22)13-9-14(21(24)27-3)19(23)20(17(13)15)28-11-12-7-5-4-6-8-12/h4-10H,11H2,1-3H3. The zero-order valence-electron chi connectivity index (χ0n) is 15.5. The first-order valence-electron chi connectivity index (χ1n) is 8.33. The fourth-order valence-corrected chi connectivity index (χ4v) is 4.05. The van der Waals surface area contributed by atoms with Gasteiger partial charge in [-0.15, -0.1) is 0 Å². The summed E-state index contributed by atoms with van der Waals surface area (Å²) in [6.07, 6.45) is 0. The topological polar surface area (TPSA) is 54.0 Å². The Labute approximate surface area is 179 Å². The first-order chi connectivity index (χ1) is 13.5. The van der Waals surface area contributed by atoms with Crippen LogP contribution in [0.25, 0.3) is 10.8 Å². The molecule has 0 unspecified atom stereocenters. The molecule has 0 N–H and O–H groups in total. The van der Waals surface area contributed by atoms with Crippen molar-refractivity contribution in [3.63, 3.8) is 0 Å². The van der Waals surface area contributed by atoms with E-state index in [1.165, 1.54) is 7.11 Å². The van der Waals surface area contributed by atoms with Gasteiger partial charge in [-0.2, -0.15) is 0 Å². The minimum atomic E-state index is -0.480. The van der Waals surface area contributed by atoms with Gasteiger partial charge in [0.05, 0.1) is 41.2 Å². The number of methoxy groups -OCH3 is 3. The summed E-state index contributed by atoms with van der Waals surface area (Å²) in [5, 5.41) is 1.42. The third-order valence-corrected chi connectivity index (χ3v) is 5.86. The lowest BCUT2D eigenvalue weighted by Crippen LogP contribution is -2.06. The lowest BCUT2D eigenvalue weighted by molar-refractivity contribution is 0.0599. The fraction of sp³-hybridized carbons (Fsp3) is 0.190. The molecule has 0 radical (unpaired) electrons. The van der Waals surface area contributed by atoms with Crippen molar-refractivity contribution in [1.29, 1.82) is 0 Å². The molecule has 146 valence electrons. The molecule has 5 nitrogen and oxygen atoms in total. The molecule has 7 heteroatoms. The van der Waals surface area contributed by atoms with Crippen LogP contribution in [0.3, 0.4) is 0 Å². The number of hydrogen-bond donors (Lipinski definition) is 0. The van der Waals surface area contributed by atoms with Gasteiger partial charge in [-0.05, 0) is 43.5 Å². The number of esters is 1. The van der Waals surface area contributed by atoms with Crippen LogP contribution < -0.4 is 14.2 Å².